The quantitative estimate of drug-likeness (QED) is 0.805. The molecule has 1 aromatic heterocycles. The Kier molecular flexibility index (Phi) is 4.87. The molecule has 0 spiro atoms. The van der Waals surface area contributed by atoms with Crippen molar-refractivity contribution in [1.29, 1.82) is 0 Å². The van der Waals surface area contributed by atoms with Gasteiger partial charge in [-0.05, 0) is 36.7 Å². The Bertz CT molecular complexity index is 515. The van der Waals surface area contributed by atoms with Crippen molar-refractivity contribution in [2.75, 3.05) is 7.05 Å². The molecule has 0 saturated carbocycles. The fraction of sp³-hybridized carbons (Fsp3) is 0.235. The monoisotopic (exact) mass is 252 g/mol. The molecule has 0 N–H and O–H groups in total. The lowest BCUT2D eigenvalue weighted by molar-refractivity contribution is 0.318. The van der Waals surface area contributed by atoms with Crippen LogP contribution in [-0.2, 0) is 13.1 Å². The van der Waals surface area contributed by atoms with Crippen LogP contribution < -0.4 is 0 Å². The Labute approximate surface area is 115 Å². The number of rotatable bonds is 5. The summed E-state index contributed by atoms with van der Waals surface area (Å²) in [6.07, 6.45) is 7.90. The highest BCUT2D eigenvalue weighted by atomic mass is 15.1. The van der Waals surface area contributed by atoms with Crippen molar-refractivity contribution in [1.82, 2.24) is 9.88 Å². The van der Waals surface area contributed by atoms with Crippen LogP contribution in [0.1, 0.15) is 23.6 Å². The summed E-state index contributed by atoms with van der Waals surface area (Å²) in [5.41, 5.74) is 3.83. The average molecular weight is 252 g/mol. The van der Waals surface area contributed by atoms with Gasteiger partial charge in [0.2, 0.25) is 0 Å². The van der Waals surface area contributed by atoms with Crippen LogP contribution in [-0.4, -0.2) is 16.9 Å². The van der Waals surface area contributed by atoms with E-state index in [1.807, 2.05) is 25.4 Å². The third-order valence-corrected chi connectivity index (χ3v) is 2.97. The lowest BCUT2D eigenvalue weighted by Gasteiger charge is -2.16. The molecule has 2 aromatic rings. The van der Waals surface area contributed by atoms with Crippen LogP contribution in [0.15, 0.2) is 54.9 Å². The molecule has 2 nitrogen and oxygen atoms in total. The van der Waals surface area contributed by atoms with Crippen molar-refractivity contribution >= 4 is 6.08 Å². The first-order chi connectivity index (χ1) is 9.28. The maximum absolute atomic E-state index is 4.14. The van der Waals surface area contributed by atoms with E-state index in [1.165, 1.54) is 16.7 Å². The Morgan fingerprint density at radius 3 is 2.42 bits per heavy atom. The van der Waals surface area contributed by atoms with Crippen LogP contribution in [0.3, 0.4) is 0 Å². The van der Waals surface area contributed by atoms with Gasteiger partial charge in [-0.1, -0.05) is 42.5 Å². The molecule has 0 fully saturated rings. The first-order valence-electron chi connectivity index (χ1n) is 6.57. The molecule has 2 rings (SSSR count). The zero-order valence-electron chi connectivity index (χ0n) is 11.6. The number of pyridine rings is 1. The summed E-state index contributed by atoms with van der Waals surface area (Å²) in [6.45, 7) is 3.91. The zero-order chi connectivity index (χ0) is 13.5. The molecule has 0 aliphatic heterocycles. The van der Waals surface area contributed by atoms with Gasteiger partial charge in [-0.2, -0.15) is 0 Å². The van der Waals surface area contributed by atoms with E-state index in [0.29, 0.717) is 0 Å². The highest BCUT2D eigenvalue weighted by Gasteiger charge is 2.01. The van der Waals surface area contributed by atoms with Crippen molar-refractivity contribution in [3.63, 3.8) is 0 Å². The topological polar surface area (TPSA) is 16.1 Å². The molecule has 0 atom stereocenters. The number of benzene rings is 1. The molecule has 0 aliphatic rings. The molecule has 0 aliphatic carbocycles. The molecule has 0 radical (unpaired) electrons. The van der Waals surface area contributed by atoms with Gasteiger partial charge in [0.25, 0.3) is 0 Å². The second kappa shape index (κ2) is 6.86. The van der Waals surface area contributed by atoms with Gasteiger partial charge in [-0.25, -0.2) is 0 Å². The van der Waals surface area contributed by atoms with Crippen LogP contribution in [0.5, 0.6) is 0 Å². The van der Waals surface area contributed by atoms with E-state index in [-0.39, 0.29) is 0 Å². The Morgan fingerprint density at radius 1 is 1.05 bits per heavy atom. The van der Waals surface area contributed by atoms with Gasteiger partial charge in [0.15, 0.2) is 0 Å². The summed E-state index contributed by atoms with van der Waals surface area (Å²) in [5.74, 6) is 0. The third kappa shape index (κ3) is 4.34. The standard InChI is InChI=1S/C17H20N2/c1-3-5-15-7-9-16(10-8-15)13-19(2)14-17-6-4-11-18-12-17/h3-12H,13-14H2,1-2H3/b5-3+. The number of nitrogens with zero attached hydrogens (tertiary/aromatic N) is 2. The van der Waals surface area contributed by atoms with Crippen molar-refractivity contribution in [2.45, 2.75) is 20.0 Å². The number of hydrogen-bond acceptors (Lipinski definition) is 2. The molecular formula is C17H20N2. The minimum absolute atomic E-state index is 0.921. The molecule has 2 heteroatoms. The summed E-state index contributed by atoms with van der Waals surface area (Å²) in [5, 5.41) is 0. The highest BCUT2D eigenvalue weighted by Crippen LogP contribution is 2.10. The molecule has 0 bridgehead atoms. The summed E-state index contributed by atoms with van der Waals surface area (Å²) in [7, 11) is 2.13. The average Bonchev–Trinajstić information content (AvgIpc) is 2.42. The van der Waals surface area contributed by atoms with Crippen LogP contribution in [0.25, 0.3) is 6.08 Å². The fourth-order valence-corrected chi connectivity index (χ4v) is 2.10. The van der Waals surface area contributed by atoms with Gasteiger partial charge in [0, 0.05) is 25.5 Å². The maximum atomic E-state index is 4.14. The second-order valence-corrected chi connectivity index (χ2v) is 4.78. The number of hydrogen-bond donors (Lipinski definition) is 0. The van der Waals surface area contributed by atoms with Crippen LogP contribution >= 0.6 is 0 Å². The molecular weight excluding hydrogens is 232 g/mol. The molecule has 1 aromatic carbocycles. The summed E-state index contributed by atoms with van der Waals surface area (Å²) >= 11 is 0. The van der Waals surface area contributed by atoms with Crippen LogP contribution in [0, 0.1) is 0 Å². The maximum Gasteiger partial charge on any atom is 0.0312 e. The molecule has 98 valence electrons. The smallest absolute Gasteiger partial charge is 0.0312 e. The summed E-state index contributed by atoms with van der Waals surface area (Å²) < 4.78 is 0. The molecule has 0 saturated heterocycles. The summed E-state index contributed by atoms with van der Waals surface area (Å²) in [6, 6.07) is 12.8. The van der Waals surface area contributed by atoms with Crippen LogP contribution in [0.4, 0.5) is 0 Å². The SMILES string of the molecule is C/C=C/c1ccc(CN(C)Cc2cccnc2)cc1. The normalized spacial score (nSPS) is 11.3. The van der Waals surface area contributed by atoms with Gasteiger partial charge in [0.1, 0.15) is 0 Å². The Morgan fingerprint density at radius 2 is 1.79 bits per heavy atom. The van der Waals surface area contributed by atoms with Gasteiger partial charge in [-0.15, -0.1) is 0 Å². The Hall–Kier alpha value is -1.93. The third-order valence-electron chi connectivity index (χ3n) is 2.97. The van der Waals surface area contributed by atoms with E-state index in [9.17, 15) is 0 Å². The number of allylic oxidation sites excluding steroid dienone is 1. The van der Waals surface area contributed by atoms with Crippen molar-refractivity contribution in [3.8, 4) is 0 Å². The van der Waals surface area contributed by atoms with Crippen molar-refractivity contribution < 1.29 is 0 Å². The van der Waals surface area contributed by atoms with Crippen LogP contribution in [0.2, 0.25) is 0 Å². The fourth-order valence-electron chi connectivity index (χ4n) is 2.10. The van der Waals surface area contributed by atoms with E-state index in [0.717, 1.165) is 13.1 Å². The lowest BCUT2D eigenvalue weighted by atomic mass is 10.1. The van der Waals surface area contributed by atoms with Gasteiger partial charge in [0.05, 0.1) is 0 Å². The molecule has 0 amide bonds. The zero-order valence-corrected chi connectivity index (χ0v) is 11.6. The highest BCUT2D eigenvalue weighted by molar-refractivity contribution is 5.49. The number of aromatic nitrogens is 1. The van der Waals surface area contributed by atoms with E-state index in [1.54, 1.807) is 0 Å². The second-order valence-electron chi connectivity index (χ2n) is 4.78. The first kappa shape index (κ1) is 13.5. The minimum atomic E-state index is 0.921. The summed E-state index contributed by atoms with van der Waals surface area (Å²) in [4.78, 5) is 6.44. The van der Waals surface area contributed by atoms with Gasteiger partial charge >= 0.3 is 0 Å². The predicted octanol–water partition coefficient (Wildman–Crippen LogP) is 3.75. The minimum Gasteiger partial charge on any atom is -0.298 e. The van der Waals surface area contributed by atoms with Gasteiger partial charge in [-0.3, -0.25) is 9.88 Å². The van der Waals surface area contributed by atoms with E-state index >= 15 is 0 Å². The van der Waals surface area contributed by atoms with Crippen molar-refractivity contribution in [3.05, 3.63) is 71.6 Å². The molecule has 1 heterocycles. The van der Waals surface area contributed by atoms with Gasteiger partial charge < -0.3 is 0 Å². The van der Waals surface area contributed by atoms with Crippen molar-refractivity contribution in [2.24, 2.45) is 0 Å². The molecule has 19 heavy (non-hydrogen) atoms. The first-order valence-corrected chi connectivity index (χ1v) is 6.57. The predicted molar refractivity (Wildman–Crippen MR) is 80.6 cm³/mol. The Balaban J connectivity index is 1.93. The van der Waals surface area contributed by atoms with E-state index in [2.05, 4.69) is 59.4 Å². The largest absolute Gasteiger partial charge is 0.298 e. The van der Waals surface area contributed by atoms with E-state index < -0.39 is 0 Å². The molecule has 0 unspecified atom stereocenters. The lowest BCUT2D eigenvalue weighted by Crippen LogP contribution is -2.17. The van der Waals surface area contributed by atoms with E-state index in [4.69, 9.17) is 0 Å².